The number of hydrogen-bond acceptors (Lipinski definition) is 3. The number of nitrogens with one attached hydrogen (secondary N) is 1. The van der Waals surface area contributed by atoms with Crippen molar-refractivity contribution in [1.29, 1.82) is 0 Å². The molecule has 122 valence electrons. The van der Waals surface area contributed by atoms with Gasteiger partial charge in [0.1, 0.15) is 0 Å². The summed E-state index contributed by atoms with van der Waals surface area (Å²) in [6, 6.07) is 8.87. The average molecular weight is 322 g/mol. The second-order valence-electron chi connectivity index (χ2n) is 6.15. The fourth-order valence-corrected chi connectivity index (χ4v) is 2.96. The summed E-state index contributed by atoms with van der Waals surface area (Å²) in [5.74, 6) is 0.0571. The van der Waals surface area contributed by atoms with Crippen LogP contribution >= 0.6 is 0 Å². The van der Waals surface area contributed by atoms with Gasteiger partial charge in [0, 0.05) is 49.8 Å². The van der Waals surface area contributed by atoms with E-state index in [1.165, 1.54) is 0 Å². The van der Waals surface area contributed by atoms with Gasteiger partial charge in [-0.15, -0.1) is 0 Å². The lowest BCUT2D eigenvalue weighted by atomic mass is 10.1. The first kappa shape index (κ1) is 14.7. The summed E-state index contributed by atoms with van der Waals surface area (Å²) < 4.78 is 0. The van der Waals surface area contributed by atoms with Crippen molar-refractivity contribution in [3.05, 3.63) is 59.4 Å². The van der Waals surface area contributed by atoms with Crippen molar-refractivity contribution < 1.29 is 9.59 Å². The van der Waals surface area contributed by atoms with Crippen molar-refractivity contribution in [2.24, 2.45) is 0 Å². The first-order valence-electron chi connectivity index (χ1n) is 8.08. The van der Waals surface area contributed by atoms with Crippen LogP contribution in [0.15, 0.2) is 42.7 Å². The topological polar surface area (TPSA) is 65.5 Å². The lowest BCUT2D eigenvalue weighted by Gasteiger charge is -2.30. The van der Waals surface area contributed by atoms with Gasteiger partial charge >= 0.3 is 6.03 Å². The molecule has 0 atom stereocenters. The van der Waals surface area contributed by atoms with Gasteiger partial charge in [-0.3, -0.25) is 9.78 Å². The number of likely N-dealkylation sites (tertiary alicyclic amines) is 1. The molecule has 2 aromatic rings. The second-order valence-corrected chi connectivity index (χ2v) is 6.15. The number of rotatable bonds is 2. The fourth-order valence-electron chi connectivity index (χ4n) is 2.96. The molecule has 3 heterocycles. The van der Waals surface area contributed by atoms with Crippen LogP contribution in [0.1, 0.15) is 27.9 Å². The molecule has 0 radical (unpaired) electrons. The molecule has 2 aliphatic rings. The van der Waals surface area contributed by atoms with E-state index in [4.69, 9.17) is 0 Å². The van der Waals surface area contributed by atoms with Gasteiger partial charge in [0.05, 0.1) is 0 Å². The summed E-state index contributed by atoms with van der Waals surface area (Å²) >= 11 is 0. The molecule has 1 saturated heterocycles. The van der Waals surface area contributed by atoms with Crippen molar-refractivity contribution in [2.45, 2.75) is 19.5 Å². The zero-order valence-electron chi connectivity index (χ0n) is 13.2. The summed E-state index contributed by atoms with van der Waals surface area (Å²) in [6.45, 7) is 2.83. The van der Waals surface area contributed by atoms with Crippen LogP contribution in [0.3, 0.4) is 0 Å². The minimum absolute atomic E-state index is 0.0571. The van der Waals surface area contributed by atoms with Crippen LogP contribution in [-0.4, -0.2) is 39.8 Å². The highest BCUT2D eigenvalue weighted by Gasteiger charge is 2.24. The first-order chi connectivity index (χ1) is 11.7. The van der Waals surface area contributed by atoms with E-state index in [-0.39, 0.29) is 11.9 Å². The van der Waals surface area contributed by atoms with Crippen molar-refractivity contribution >= 4 is 17.6 Å². The van der Waals surface area contributed by atoms with Gasteiger partial charge in [0.2, 0.25) is 0 Å². The number of amides is 3. The zero-order valence-corrected chi connectivity index (χ0v) is 13.2. The minimum Gasteiger partial charge on any atom is -0.339 e. The van der Waals surface area contributed by atoms with E-state index in [9.17, 15) is 9.59 Å². The summed E-state index contributed by atoms with van der Waals surface area (Å²) in [4.78, 5) is 32.2. The van der Waals surface area contributed by atoms with Crippen molar-refractivity contribution in [3.8, 4) is 0 Å². The number of urea groups is 1. The summed E-state index contributed by atoms with van der Waals surface area (Å²) in [5, 5.41) is 2.88. The number of carbonyl (C=O) groups excluding carboxylic acids is 2. The molecular weight excluding hydrogens is 304 g/mol. The highest BCUT2D eigenvalue weighted by Crippen LogP contribution is 2.22. The van der Waals surface area contributed by atoms with Crippen molar-refractivity contribution in [2.75, 3.05) is 18.4 Å². The van der Waals surface area contributed by atoms with E-state index in [0.717, 1.165) is 30.6 Å². The normalized spacial score (nSPS) is 15.7. The zero-order chi connectivity index (χ0) is 16.5. The Balaban J connectivity index is 1.39. The van der Waals surface area contributed by atoms with Gasteiger partial charge in [0.25, 0.3) is 5.91 Å². The molecule has 0 aliphatic carbocycles. The van der Waals surface area contributed by atoms with Crippen molar-refractivity contribution in [3.63, 3.8) is 0 Å². The van der Waals surface area contributed by atoms with Crippen LogP contribution in [0, 0.1) is 0 Å². The average Bonchev–Trinajstić information content (AvgIpc) is 2.98. The van der Waals surface area contributed by atoms with E-state index in [1.807, 2.05) is 11.0 Å². The Morgan fingerprint density at radius 2 is 1.71 bits per heavy atom. The van der Waals surface area contributed by atoms with Gasteiger partial charge in [-0.2, -0.15) is 0 Å². The van der Waals surface area contributed by atoms with E-state index in [2.05, 4.69) is 10.3 Å². The molecule has 1 aromatic heterocycles. The first-order valence-corrected chi connectivity index (χ1v) is 8.08. The molecule has 0 spiro atoms. The molecule has 2 aliphatic heterocycles. The summed E-state index contributed by atoms with van der Waals surface area (Å²) in [6.07, 6.45) is 4.63. The maximum Gasteiger partial charge on any atom is 0.322 e. The Morgan fingerprint density at radius 3 is 2.38 bits per heavy atom. The van der Waals surface area contributed by atoms with Gasteiger partial charge < -0.3 is 15.1 Å². The highest BCUT2D eigenvalue weighted by molar-refractivity contribution is 5.96. The van der Waals surface area contributed by atoms with Crippen LogP contribution in [0.5, 0.6) is 0 Å². The number of anilines is 1. The summed E-state index contributed by atoms with van der Waals surface area (Å²) in [7, 11) is 0. The predicted molar refractivity (Wildman–Crippen MR) is 89.5 cm³/mol. The number of carbonyl (C=O) groups is 2. The van der Waals surface area contributed by atoms with Crippen LogP contribution in [-0.2, 0) is 13.1 Å². The molecule has 1 fully saturated rings. The molecule has 24 heavy (non-hydrogen) atoms. The Bertz CT molecular complexity index is 759. The molecule has 0 saturated carbocycles. The third-order valence-corrected chi connectivity index (χ3v) is 4.54. The second kappa shape index (κ2) is 5.96. The Morgan fingerprint density at radius 1 is 0.958 bits per heavy atom. The number of benzene rings is 1. The van der Waals surface area contributed by atoms with E-state index < -0.39 is 0 Å². The number of hydrogen-bond donors (Lipinski definition) is 1. The Hall–Kier alpha value is -2.89. The quantitative estimate of drug-likeness (QED) is 0.924. The molecule has 0 bridgehead atoms. The molecule has 1 aromatic carbocycles. The molecule has 0 unspecified atom stereocenters. The van der Waals surface area contributed by atoms with Gasteiger partial charge in [-0.1, -0.05) is 0 Å². The van der Waals surface area contributed by atoms with Crippen LogP contribution in [0.25, 0.3) is 0 Å². The maximum atomic E-state index is 12.4. The van der Waals surface area contributed by atoms with E-state index in [0.29, 0.717) is 24.3 Å². The Labute approximate surface area is 140 Å². The highest BCUT2D eigenvalue weighted by atomic mass is 16.2. The lowest BCUT2D eigenvalue weighted by Crippen LogP contribution is -2.41. The van der Waals surface area contributed by atoms with E-state index >= 15 is 0 Å². The molecular formula is C18H18N4O2. The van der Waals surface area contributed by atoms with E-state index in [1.54, 1.807) is 41.6 Å². The third kappa shape index (κ3) is 2.71. The van der Waals surface area contributed by atoms with Gasteiger partial charge in [-0.05, 0) is 47.9 Å². The SMILES string of the molecule is O=C(Nc1ccc(C(=O)N2CCC2)cc1)N1Cc2ccncc2C1. The Kier molecular flexibility index (Phi) is 3.65. The fraction of sp³-hybridized carbons (Fsp3) is 0.278. The standard InChI is InChI=1S/C18H18N4O2/c23-17(21-8-1-9-21)13-2-4-16(5-3-13)20-18(24)22-11-14-6-7-19-10-15(14)12-22/h2-7,10H,1,8-9,11-12H2,(H,20,24). The number of fused-ring (bicyclic) bond motifs is 1. The van der Waals surface area contributed by atoms with Crippen LogP contribution < -0.4 is 5.32 Å². The third-order valence-electron chi connectivity index (χ3n) is 4.54. The van der Waals surface area contributed by atoms with Gasteiger partial charge in [-0.25, -0.2) is 4.79 Å². The summed E-state index contributed by atoms with van der Waals surface area (Å²) in [5.41, 5.74) is 3.57. The van der Waals surface area contributed by atoms with Crippen LogP contribution in [0.4, 0.5) is 10.5 Å². The molecule has 3 amide bonds. The van der Waals surface area contributed by atoms with Crippen molar-refractivity contribution in [1.82, 2.24) is 14.8 Å². The minimum atomic E-state index is -0.145. The largest absolute Gasteiger partial charge is 0.339 e. The molecule has 4 rings (SSSR count). The monoisotopic (exact) mass is 322 g/mol. The predicted octanol–water partition coefficient (Wildman–Crippen LogP) is 2.48. The lowest BCUT2D eigenvalue weighted by molar-refractivity contribution is 0.0652. The molecule has 6 heteroatoms. The molecule has 6 nitrogen and oxygen atoms in total. The number of aromatic nitrogens is 1. The van der Waals surface area contributed by atoms with Crippen LogP contribution in [0.2, 0.25) is 0 Å². The smallest absolute Gasteiger partial charge is 0.322 e. The van der Waals surface area contributed by atoms with Gasteiger partial charge in [0.15, 0.2) is 0 Å². The maximum absolute atomic E-state index is 12.4. The number of nitrogens with zero attached hydrogens (tertiary/aromatic N) is 3. The number of pyridine rings is 1. The molecule has 1 N–H and O–H groups in total.